The number of carbonyl (C=O) groups is 2. The van der Waals surface area contributed by atoms with E-state index < -0.39 is 11.9 Å². The largest absolute Gasteiger partial charge is 0.481 e. The fourth-order valence-electron chi connectivity index (χ4n) is 3.62. The van der Waals surface area contributed by atoms with Gasteiger partial charge < -0.3 is 15.0 Å². The molecule has 1 aromatic heterocycles. The number of hydrogen-bond donors (Lipinski definition) is 2. The van der Waals surface area contributed by atoms with Gasteiger partial charge in [0.25, 0.3) is 5.91 Å². The summed E-state index contributed by atoms with van der Waals surface area (Å²) in [6.45, 7) is 0.669. The van der Waals surface area contributed by atoms with E-state index in [-0.39, 0.29) is 11.9 Å². The highest BCUT2D eigenvalue weighted by Crippen LogP contribution is 2.27. The van der Waals surface area contributed by atoms with Crippen LogP contribution in [-0.4, -0.2) is 27.6 Å². The lowest BCUT2D eigenvalue weighted by Gasteiger charge is -2.17. The summed E-state index contributed by atoms with van der Waals surface area (Å²) in [5.74, 6) is -1.58. The number of carbonyl (C=O) groups excluding carboxylic acids is 1. The second-order valence-electron chi connectivity index (χ2n) is 6.47. The lowest BCUT2D eigenvalue weighted by Crippen LogP contribution is -2.40. The molecule has 2 N–H and O–H groups in total. The fraction of sp³-hybridized carbons (Fsp3) is 0.421. The molecule has 1 fully saturated rings. The van der Waals surface area contributed by atoms with Crippen LogP contribution in [0.3, 0.4) is 0 Å². The van der Waals surface area contributed by atoms with E-state index in [9.17, 15) is 14.7 Å². The number of fused-ring (bicyclic) bond motifs is 1. The number of nitriles is 1. The molecule has 1 aromatic carbocycles. The lowest BCUT2D eigenvalue weighted by molar-refractivity contribution is -0.142. The number of unbranched alkanes of at least 4 members (excludes halogenated alkanes) is 1. The van der Waals surface area contributed by atoms with Crippen LogP contribution in [0.25, 0.3) is 10.9 Å². The maximum absolute atomic E-state index is 12.8. The molecule has 1 aliphatic carbocycles. The molecule has 0 bridgehead atoms. The van der Waals surface area contributed by atoms with Crippen LogP contribution < -0.4 is 5.32 Å². The van der Waals surface area contributed by atoms with Gasteiger partial charge in [-0.25, -0.2) is 0 Å². The maximum atomic E-state index is 12.8. The summed E-state index contributed by atoms with van der Waals surface area (Å²) in [5, 5.41) is 21.8. The number of hydrogen-bond acceptors (Lipinski definition) is 3. The van der Waals surface area contributed by atoms with E-state index in [0.29, 0.717) is 31.4 Å². The second kappa shape index (κ2) is 7.39. The van der Waals surface area contributed by atoms with Crippen LogP contribution in [0.2, 0.25) is 0 Å². The van der Waals surface area contributed by atoms with Gasteiger partial charge in [0.2, 0.25) is 0 Å². The molecular weight excluding hydrogens is 318 g/mol. The summed E-state index contributed by atoms with van der Waals surface area (Å²) in [6, 6.07) is 9.47. The number of aromatic nitrogens is 1. The van der Waals surface area contributed by atoms with Crippen LogP contribution in [0.1, 0.15) is 42.5 Å². The van der Waals surface area contributed by atoms with Gasteiger partial charge in [0.15, 0.2) is 0 Å². The highest BCUT2D eigenvalue weighted by atomic mass is 16.4. The minimum atomic E-state index is -0.846. The summed E-state index contributed by atoms with van der Waals surface area (Å²) in [5.41, 5.74) is 1.51. The third-order valence-electron chi connectivity index (χ3n) is 4.87. The number of para-hydroxylation sites is 1. The molecule has 6 heteroatoms. The molecular formula is C19H21N3O3. The first-order valence-electron chi connectivity index (χ1n) is 8.60. The van der Waals surface area contributed by atoms with Gasteiger partial charge in [0.05, 0.1) is 17.6 Å². The van der Waals surface area contributed by atoms with E-state index in [4.69, 9.17) is 5.26 Å². The molecule has 0 spiro atoms. The standard InChI is InChI=1S/C19H21N3O3/c20-10-3-4-11-22-12-15(13-6-1-2-9-17(13)22)18(23)21-16-8-5-7-14(16)19(24)25/h1-2,6,9,12,14,16H,3-5,7-8,11H2,(H,21,23)(H,24,25). The van der Waals surface area contributed by atoms with Crippen LogP contribution in [0, 0.1) is 17.2 Å². The van der Waals surface area contributed by atoms with Crippen molar-refractivity contribution in [2.24, 2.45) is 5.92 Å². The molecule has 1 heterocycles. The van der Waals surface area contributed by atoms with Crippen LogP contribution in [0.5, 0.6) is 0 Å². The van der Waals surface area contributed by atoms with Crippen molar-refractivity contribution in [1.29, 1.82) is 5.26 Å². The van der Waals surface area contributed by atoms with E-state index in [1.807, 2.05) is 35.0 Å². The Kier molecular flexibility index (Phi) is 5.03. The molecule has 0 radical (unpaired) electrons. The van der Waals surface area contributed by atoms with Gasteiger partial charge in [-0.3, -0.25) is 9.59 Å². The van der Waals surface area contributed by atoms with Crippen molar-refractivity contribution in [3.05, 3.63) is 36.0 Å². The van der Waals surface area contributed by atoms with Crippen molar-refractivity contribution in [2.75, 3.05) is 0 Å². The Morgan fingerprint density at radius 1 is 1.32 bits per heavy atom. The molecule has 0 aliphatic heterocycles. The number of rotatable bonds is 6. The van der Waals surface area contributed by atoms with Gasteiger partial charge >= 0.3 is 5.97 Å². The molecule has 2 unspecified atom stereocenters. The summed E-state index contributed by atoms with van der Waals surface area (Å²) < 4.78 is 1.99. The van der Waals surface area contributed by atoms with Crippen LogP contribution in [0.4, 0.5) is 0 Å². The van der Waals surface area contributed by atoms with E-state index in [1.54, 1.807) is 0 Å². The lowest BCUT2D eigenvalue weighted by atomic mass is 10.0. The maximum Gasteiger partial charge on any atom is 0.308 e. The van der Waals surface area contributed by atoms with Crippen LogP contribution >= 0.6 is 0 Å². The third-order valence-corrected chi connectivity index (χ3v) is 4.87. The predicted octanol–water partition coefficient (Wildman–Crippen LogP) is 2.93. The van der Waals surface area contributed by atoms with Gasteiger partial charge in [0.1, 0.15) is 0 Å². The first-order chi connectivity index (χ1) is 12.1. The monoisotopic (exact) mass is 339 g/mol. The quantitative estimate of drug-likeness (QED) is 0.791. The van der Waals surface area contributed by atoms with Crippen molar-refractivity contribution in [2.45, 2.75) is 44.7 Å². The van der Waals surface area contributed by atoms with E-state index >= 15 is 0 Å². The number of benzene rings is 1. The van der Waals surface area contributed by atoms with Gasteiger partial charge in [-0.1, -0.05) is 24.6 Å². The normalized spacial score (nSPS) is 19.6. The Labute approximate surface area is 146 Å². The third kappa shape index (κ3) is 3.50. The summed E-state index contributed by atoms with van der Waals surface area (Å²) in [7, 11) is 0. The topological polar surface area (TPSA) is 95.1 Å². The Morgan fingerprint density at radius 3 is 2.88 bits per heavy atom. The van der Waals surface area contributed by atoms with E-state index in [1.165, 1.54) is 0 Å². The van der Waals surface area contributed by atoms with Gasteiger partial charge in [0, 0.05) is 36.1 Å². The average Bonchev–Trinajstić information content (AvgIpc) is 3.20. The Morgan fingerprint density at radius 2 is 2.12 bits per heavy atom. The fourth-order valence-corrected chi connectivity index (χ4v) is 3.62. The smallest absolute Gasteiger partial charge is 0.308 e. The number of aryl methyl sites for hydroxylation is 1. The Balaban J connectivity index is 1.84. The van der Waals surface area contributed by atoms with Gasteiger partial charge in [-0.2, -0.15) is 5.26 Å². The molecule has 2 atom stereocenters. The number of carboxylic acid groups (broad SMARTS) is 1. The summed E-state index contributed by atoms with van der Waals surface area (Å²) in [4.78, 5) is 24.1. The SMILES string of the molecule is N#CCCCn1cc(C(=O)NC2CCCC2C(=O)O)c2ccccc21. The zero-order valence-corrected chi connectivity index (χ0v) is 13.9. The molecule has 3 rings (SSSR count). The zero-order valence-electron chi connectivity index (χ0n) is 13.9. The van der Waals surface area contributed by atoms with Gasteiger partial charge in [-0.15, -0.1) is 0 Å². The number of aliphatic carboxylic acids is 1. The number of nitrogens with one attached hydrogen (secondary N) is 1. The summed E-state index contributed by atoms with van der Waals surface area (Å²) >= 11 is 0. The molecule has 2 aromatic rings. The average molecular weight is 339 g/mol. The van der Waals surface area contributed by atoms with Crippen LogP contribution in [-0.2, 0) is 11.3 Å². The van der Waals surface area contributed by atoms with Crippen molar-refractivity contribution in [1.82, 2.24) is 9.88 Å². The van der Waals surface area contributed by atoms with Gasteiger partial charge in [-0.05, 0) is 25.3 Å². The first kappa shape index (κ1) is 17.0. The van der Waals surface area contributed by atoms with Crippen molar-refractivity contribution < 1.29 is 14.7 Å². The van der Waals surface area contributed by atoms with Crippen LogP contribution in [0.15, 0.2) is 30.5 Å². The molecule has 1 amide bonds. The second-order valence-corrected chi connectivity index (χ2v) is 6.47. The van der Waals surface area contributed by atoms with E-state index in [2.05, 4.69) is 11.4 Å². The van der Waals surface area contributed by atoms with E-state index in [0.717, 1.165) is 23.7 Å². The van der Waals surface area contributed by atoms with Crippen molar-refractivity contribution in [3.63, 3.8) is 0 Å². The van der Waals surface area contributed by atoms with Crippen molar-refractivity contribution in [3.8, 4) is 6.07 Å². The minimum Gasteiger partial charge on any atom is -0.481 e. The molecule has 0 saturated heterocycles. The summed E-state index contributed by atoms with van der Waals surface area (Å²) in [6.07, 6.45) is 5.12. The Hall–Kier alpha value is -2.81. The minimum absolute atomic E-state index is 0.228. The number of amides is 1. The highest BCUT2D eigenvalue weighted by molar-refractivity contribution is 6.07. The number of nitrogens with zero attached hydrogens (tertiary/aromatic N) is 2. The molecule has 6 nitrogen and oxygen atoms in total. The Bertz CT molecular complexity index is 834. The van der Waals surface area contributed by atoms with Crippen molar-refractivity contribution >= 4 is 22.8 Å². The zero-order chi connectivity index (χ0) is 17.8. The predicted molar refractivity (Wildman–Crippen MR) is 93.0 cm³/mol. The number of carboxylic acids is 1. The molecule has 1 aliphatic rings. The molecule has 130 valence electrons. The molecule has 1 saturated carbocycles. The first-order valence-corrected chi connectivity index (χ1v) is 8.60. The highest BCUT2D eigenvalue weighted by Gasteiger charge is 2.34. The molecule has 25 heavy (non-hydrogen) atoms.